The third-order valence-corrected chi connectivity index (χ3v) is 3.09. The molecule has 2 aromatic carbocycles. The molecule has 108 valence electrons. The Hall–Kier alpha value is -2.69. The summed E-state index contributed by atoms with van der Waals surface area (Å²) in [7, 11) is 0. The topological polar surface area (TPSA) is 67.5 Å². The van der Waals surface area contributed by atoms with Crippen molar-refractivity contribution in [1.29, 1.82) is 0 Å². The fourth-order valence-electron chi connectivity index (χ4n) is 1.72. The van der Waals surface area contributed by atoms with Gasteiger partial charge in [0.05, 0.1) is 5.71 Å². The predicted molar refractivity (Wildman–Crippen MR) is 81.7 cm³/mol. The number of halogens is 1. The van der Waals surface area contributed by atoms with E-state index in [-0.39, 0.29) is 5.56 Å². The van der Waals surface area contributed by atoms with Crippen molar-refractivity contribution in [1.82, 2.24) is 5.43 Å². The third kappa shape index (κ3) is 3.66. The number of benzene rings is 2. The maximum absolute atomic E-state index is 13.4. The first-order chi connectivity index (χ1) is 9.97. The number of nitrogens with zero attached hydrogens (tertiary/aromatic N) is 1. The molecule has 0 spiro atoms. The lowest BCUT2D eigenvalue weighted by Crippen LogP contribution is -2.19. The molecule has 5 heteroatoms. The molecule has 0 unspecified atom stereocenters. The Morgan fingerprint density at radius 1 is 1.14 bits per heavy atom. The largest absolute Gasteiger partial charge is 0.399 e. The zero-order chi connectivity index (χ0) is 15.4. The molecule has 0 aliphatic carbocycles. The van der Waals surface area contributed by atoms with E-state index in [0.29, 0.717) is 17.0 Å². The van der Waals surface area contributed by atoms with Crippen molar-refractivity contribution in [3.8, 4) is 0 Å². The number of hydrazone groups is 1. The standard InChI is InChI=1S/C16H16FN3O/c1-10-3-4-13(9-15(10)17)16(21)20-19-11(2)12-5-7-14(18)8-6-12/h3-9H,18H2,1-2H3,(H,20,21)/b19-11+. The molecule has 0 aliphatic rings. The van der Waals surface area contributed by atoms with Crippen LogP contribution in [0.5, 0.6) is 0 Å². The molecule has 0 aromatic heterocycles. The Morgan fingerprint density at radius 2 is 1.76 bits per heavy atom. The number of aryl methyl sites for hydroxylation is 1. The molecule has 0 atom stereocenters. The SMILES string of the molecule is C/C(=N\NC(=O)c1ccc(C)c(F)c1)c1ccc(N)cc1. The molecule has 0 aliphatic heterocycles. The average Bonchev–Trinajstić information content (AvgIpc) is 2.48. The summed E-state index contributed by atoms with van der Waals surface area (Å²) >= 11 is 0. The number of rotatable bonds is 3. The summed E-state index contributed by atoms with van der Waals surface area (Å²) in [5.74, 6) is -0.870. The Bertz CT molecular complexity index is 693. The highest BCUT2D eigenvalue weighted by Crippen LogP contribution is 2.09. The number of amides is 1. The molecule has 4 nitrogen and oxygen atoms in total. The molecule has 0 heterocycles. The molecule has 0 bridgehead atoms. The lowest BCUT2D eigenvalue weighted by atomic mass is 10.1. The van der Waals surface area contributed by atoms with Crippen molar-refractivity contribution in [3.63, 3.8) is 0 Å². The van der Waals surface area contributed by atoms with Gasteiger partial charge in [0.2, 0.25) is 0 Å². The first-order valence-electron chi connectivity index (χ1n) is 6.44. The van der Waals surface area contributed by atoms with Gasteiger partial charge in [0.1, 0.15) is 5.82 Å². The highest BCUT2D eigenvalue weighted by Gasteiger charge is 2.07. The van der Waals surface area contributed by atoms with E-state index in [1.807, 2.05) is 12.1 Å². The van der Waals surface area contributed by atoms with E-state index in [4.69, 9.17) is 5.73 Å². The van der Waals surface area contributed by atoms with Crippen LogP contribution in [-0.4, -0.2) is 11.6 Å². The van der Waals surface area contributed by atoms with Crippen molar-refractivity contribution in [3.05, 3.63) is 65.0 Å². The van der Waals surface area contributed by atoms with Crippen LogP contribution in [0, 0.1) is 12.7 Å². The van der Waals surface area contributed by atoms with E-state index in [2.05, 4.69) is 10.5 Å². The monoisotopic (exact) mass is 285 g/mol. The Balaban J connectivity index is 2.10. The molecule has 2 aromatic rings. The van der Waals surface area contributed by atoms with Gasteiger partial charge in [-0.25, -0.2) is 9.82 Å². The van der Waals surface area contributed by atoms with E-state index >= 15 is 0 Å². The lowest BCUT2D eigenvalue weighted by Gasteiger charge is -2.04. The minimum Gasteiger partial charge on any atom is -0.399 e. The first kappa shape index (κ1) is 14.7. The van der Waals surface area contributed by atoms with Crippen LogP contribution >= 0.6 is 0 Å². The molecule has 0 saturated heterocycles. The molecule has 1 amide bonds. The molecule has 3 N–H and O–H groups in total. The Kier molecular flexibility index (Phi) is 4.33. The van der Waals surface area contributed by atoms with Crippen LogP contribution < -0.4 is 11.2 Å². The highest BCUT2D eigenvalue weighted by molar-refractivity contribution is 6.01. The molecular formula is C16H16FN3O. The van der Waals surface area contributed by atoms with Gasteiger partial charge in [-0.2, -0.15) is 5.10 Å². The quantitative estimate of drug-likeness (QED) is 0.517. The number of carbonyl (C=O) groups excluding carboxylic acids is 1. The molecule has 21 heavy (non-hydrogen) atoms. The summed E-state index contributed by atoms with van der Waals surface area (Å²) in [6, 6.07) is 11.4. The third-order valence-electron chi connectivity index (χ3n) is 3.09. The van der Waals surface area contributed by atoms with E-state index in [1.165, 1.54) is 6.07 Å². The zero-order valence-corrected chi connectivity index (χ0v) is 11.9. The minimum atomic E-state index is -0.455. The van der Waals surface area contributed by atoms with E-state index in [0.717, 1.165) is 5.56 Å². The summed E-state index contributed by atoms with van der Waals surface area (Å²) in [5, 5.41) is 4.01. The van der Waals surface area contributed by atoms with E-state index in [1.54, 1.807) is 38.1 Å². The molecular weight excluding hydrogens is 269 g/mol. The number of carbonyl (C=O) groups is 1. The fraction of sp³-hybridized carbons (Fsp3) is 0.125. The van der Waals surface area contributed by atoms with Crippen LogP contribution in [-0.2, 0) is 0 Å². The van der Waals surface area contributed by atoms with Crippen molar-refractivity contribution in [2.24, 2.45) is 5.10 Å². The fourth-order valence-corrected chi connectivity index (χ4v) is 1.72. The number of hydrogen-bond acceptors (Lipinski definition) is 3. The number of nitrogens with two attached hydrogens (primary N) is 1. The van der Waals surface area contributed by atoms with Crippen LogP contribution in [0.2, 0.25) is 0 Å². The van der Waals surface area contributed by atoms with Gasteiger partial charge in [0, 0.05) is 11.3 Å². The zero-order valence-electron chi connectivity index (χ0n) is 11.9. The van der Waals surface area contributed by atoms with Gasteiger partial charge in [0.15, 0.2) is 0 Å². The van der Waals surface area contributed by atoms with Gasteiger partial charge in [-0.05, 0) is 49.2 Å². The first-order valence-corrected chi connectivity index (χ1v) is 6.44. The van der Waals surface area contributed by atoms with Crippen molar-refractivity contribution in [2.75, 3.05) is 5.73 Å². The van der Waals surface area contributed by atoms with Crippen LogP contribution in [0.25, 0.3) is 0 Å². The van der Waals surface area contributed by atoms with Crippen LogP contribution in [0.15, 0.2) is 47.6 Å². The second kappa shape index (κ2) is 6.17. The summed E-state index contributed by atoms with van der Waals surface area (Å²) in [5.41, 5.74) is 10.9. The predicted octanol–water partition coefficient (Wildman–Crippen LogP) is 2.87. The van der Waals surface area contributed by atoms with Gasteiger partial charge in [0.25, 0.3) is 5.91 Å². The van der Waals surface area contributed by atoms with Crippen LogP contribution in [0.3, 0.4) is 0 Å². The van der Waals surface area contributed by atoms with E-state index in [9.17, 15) is 9.18 Å². The maximum atomic E-state index is 13.4. The minimum absolute atomic E-state index is 0.229. The van der Waals surface area contributed by atoms with Crippen molar-refractivity contribution >= 4 is 17.3 Å². The van der Waals surface area contributed by atoms with Crippen LogP contribution in [0.4, 0.5) is 10.1 Å². The number of hydrogen-bond donors (Lipinski definition) is 2. The molecule has 2 rings (SSSR count). The van der Waals surface area contributed by atoms with Gasteiger partial charge >= 0.3 is 0 Å². The molecule has 0 saturated carbocycles. The van der Waals surface area contributed by atoms with Gasteiger partial charge < -0.3 is 5.73 Å². The second-order valence-corrected chi connectivity index (χ2v) is 4.72. The summed E-state index contributed by atoms with van der Waals surface area (Å²) < 4.78 is 13.4. The van der Waals surface area contributed by atoms with Gasteiger partial charge in [-0.3, -0.25) is 4.79 Å². The number of anilines is 1. The molecule has 0 fully saturated rings. The maximum Gasteiger partial charge on any atom is 0.271 e. The molecule has 0 radical (unpaired) electrons. The van der Waals surface area contributed by atoms with Crippen LogP contribution in [0.1, 0.15) is 28.4 Å². The number of nitrogen functional groups attached to an aromatic ring is 1. The average molecular weight is 285 g/mol. The van der Waals surface area contributed by atoms with Crippen molar-refractivity contribution in [2.45, 2.75) is 13.8 Å². The summed E-state index contributed by atoms with van der Waals surface area (Å²) in [4.78, 5) is 11.9. The lowest BCUT2D eigenvalue weighted by molar-refractivity contribution is 0.0954. The Labute approximate surface area is 122 Å². The van der Waals surface area contributed by atoms with Gasteiger partial charge in [-0.15, -0.1) is 0 Å². The highest BCUT2D eigenvalue weighted by atomic mass is 19.1. The van der Waals surface area contributed by atoms with Gasteiger partial charge in [-0.1, -0.05) is 18.2 Å². The summed E-state index contributed by atoms with van der Waals surface area (Å²) in [6.45, 7) is 3.40. The van der Waals surface area contributed by atoms with Crippen molar-refractivity contribution < 1.29 is 9.18 Å². The number of nitrogens with one attached hydrogen (secondary N) is 1. The Morgan fingerprint density at radius 3 is 2.38 bits per heavy atom. The second-order valence-electron chi connectivity index (χ2n) is 4.72. The summed E-state index contributed by atoms with van der Waals surface area (Å²) in [6.07, 6.45) is 0. The normalized spacial score (nSPS) is 11.3. The smallest absolute Gasteiger partial charge is 0.271 e. The van der Waals surface area contributed by atoms with E-state index < -0.39 is 11.7 Å².